The number of carbonyl (C=O) groups excluding carboxylic acids is 1. The second kappa shape index (κ2) is 5.83. The van der Waals surface area contributed by atoms with E-state index in [1.54, 1.807) is 18.2 Å². The largest absolute Gasteiger partial charge is 0.398 e. The summed E-state index contributed by atoms with van der Waals surface area (Å²) in [6.07, 6.45) is 0. The lowest BCUT2D eigenvalue weighted by Crippen LogP contribution is -2.26. The number of nitrogen functional groups attached to an aromatic ring is 1. The lowest BCUT2D eigenvalue weighted by Gasteiger charge is -2.09. The maximum absolute atomic E-state index is 11.3. The van der Waals surface area contributed by atoms with Crippen molar-refractivity contribution in [2.75, 3.05) is 30.4 Å². The molecule has 0 radical (unpaired) electrons. The van der Waals surface area contributed by atoms with Crippen LogP contribution in [0.15, 0.2) is 18.2 Å². The Morgan fingerprint density at radius 3 is 2.61 bits per heavy atom. The molecule has 0 saturated heterocycles. The molecule has 0 spiro atoms. The molecule has 0 heterocycles. The predicted octanol–water partition coefficient (Wildman–Crippen LogP) is 0.432. The number of hydrogen-bond donors (Lipinski definition) is 3. The van der Waals surface area contributed by atoms with Gasteiger partial charge >= 0.3 is 0 Å². The van der Waals surface area contributed by atoms with Crippen molar-refractivity contribution in [1.29, 1.82) is 0 Å². The Hall–Kier alpha value is -1.60. The van der Waals surface area contributed by atoms with E-state index in [-0.39, 0.29) is 18.1 Å². The van der Waals surface area contributed by atoms with E-state index in [0.717, 1.165) is 0 Å². The number of carbonyl (C=O) groups is 1. The van der Waals surface area contributed by atoms with E-state index in [2.05, 4.69) is 10.0 Å². The first-order chi connectivity index (χ1) is 8.35. The normalized spacial score (nSPS) is 11.2. The number of hydrogen-bond acceptors (Lipinski definition) is 5. The molecule has 6 nitrogen and oxygen atoms in total. The highest BCUT2D eigenvalue weighted by molar-refractivity contribution is 7.89. The molecule has 4 N–H and O–H groups in total. The number of anilines is 2. The molecule has 1 aromatic carbocycles. The summed E-state index contributed by atoms with van der Waals surface area (Å²) < 4.78 is 24.6. The highest BCUT2D eigenvalue weighted by Crippen LogP contribution is 2.18. The molecule has 0 amide bonds. The summed E-state index contributed by atoms with van der Waals surface area (Å²) in [7, 11) is -1.86. The highest BCUT2D eigenvalue weighted by Gasteiger charge is 2.08. The van der Waals surface area contributed by atoms with Crippen molar-refractivity contribution in [3.8, 4) is 0 Å². The van der Waals surface area contributed by atoms with Gasteiger partial charge in [0.05, 0.1) is 5.75 Å². The molecule has 0 aliphatic carbocycles. The number of ketones is 1. The number of sulfonamides is 1. The first kappa shape index (κ1) is 14.5. The Bertz CT molecular complexity index is 540. The molecule has 0 unspecified atom stereocenters. The van der Waals surface area contributed by atoms with Crippen molar-refractivity contribution in [3.05, 3.63) is 23.8 Å². The molecule has 0 aliphatic rings. The van der Waals surface area contributed by atoms with Crippen LogP contribution in [0.3, 0.4) is 0 Å². The third-order valence-corrected chi connectivity index (χ3v) is 3.81. The third kappa shape index (κ3) is 4.01. The minimum atomic E-state index is -3.23. The molecule has 1 rings (SSSR count). The summed E-state index contributed by atoms with van der Waals surface area (Å²) in [6.45, 7) is 1.69. The van der Waals surface area contributed by atoms with Gasteiger partial charge in [-0.15, -0.1) is 0 Å². The van der Waals surface area contributed by atoms with Crippen molar-refractivity contribution in [2.24, 2.45) is 0 Å². The summed E-state index contributed by atoms with van der Waals surface area (Å²) in [5, 5.41) is 2.93. The van der Waals surface area contributed by atoms with Crippen molar-refractivity contribution in [3.63, 3.8) is 0 Å². The van der Waals surface area contributed by atoms with Crippen LogP contribution in [0.1, 0.15) is 17.3 Å². The van der Waals surface area contributed by atoms with Crippen LogP contribution < -0.4 is 15.8 Å². The standard InChI is InChI=1S/C11H17N3O3S/c1-8(15)10-7-9(3-4-11(10)12)14-5-6-18(16,17)13-2/h3-4,7,13-14H,5-6,12H2,1-2H3. The van der Waals surface area contributed by atoms with Gasteiger partial charge in [0.1, 0.15) is 0 Å². The summed E-state index contributed by atoms with van der Waals surface area (Å²) in [6, 6.07) is 4.93. The van der Waals surface area contributed by atoms with Gasteiger partial charge in [-0.1, -0.05) is 0 Å². The second-order valence-corrected chi connectivity index (χ2v) is 5.85. The number of benzene rings is 1. The average molecular weight is 271 g/mol. The Labute approximate surface area is 107 Å². The van der Waals surface area contributed by atoms with Gasteiger partial charge in [0, 0.05) is 23.5 Å². The van der Waals surface area contributed by atoms with E-state index in [9.17, 15) is 13.2 Å². The van der Waals surface area contributed by atoms with E-state index >= 15 is 0 Å². The smallest absolute Gasteiger partial charge is 0.213 e. The van der Waals surface area contributed by atoms with E-state index in [1.807, 2.05) is 0 Å². The summed E-state index contributed by atoms with van der Waals surface area (Å²) >= 11 is 0. The molecule has 0 fully saturated rings. The number of rotatable bonds is 6. The molecule has 0 bridgehead atoms. The van der Waals surface area contributed by atoms with Gasteiger partial charge in [-0.25, -0.2) is 13.1 Å². The van der Waals surface area contributed by atoms with Crippen LogP contribution in [0, 0.1) is 0 Å². The molecule has 1 aromatic rings. The Morgan fingerprint density at radius 2 is 2.06 bits per heavy atom. The van der Waals surface area contributed by atoms with Gasteiger partial charge in [-0.05, 0) is 32.2 Å². The van der Waals surface area contributed by atoms with Gasteiger partial charge in [0.25, 0.3) is 0 Å². The zero-order chi connectivity index (χ0) is 13.8. The first-order valence-electron chi connectivity index (χ1n) is 5.41. The predicted molar refractivity (Wildman–Crippen MR) is 72.2 cm³/mol. The van der Waals surface area contributed by atoms with Gasteiger partial charge in [-0.2, -0.15) is 0 Å². The average Bonchev–Trinajstić information content (AvgIpc) is 2.31. The maximum atomic E-state index is 11.3. The molecule has 0 aliphatic heterocycles. The molecule has 18 heavy (non-hydrogen) atoms. The van der Waals surface area contributed by atoms with Crippen LogP contribution in [0.5, 0.6) is 0 Å². The van der Waals surface area contributed by atoms with Gasteiger partial charge in [-0.3, -0.25) is 4.79 Å². The fourth-order valence-corrected chi connectivity index (χ4v) is 1.98. The summed E-state index contributed by atoms with van der Waals surface area (Å²) in [4.78, 5) is 11.3. The van der Waals surface area contributed by atoms with E-state index in [0.29, 0.717) is 16.9 Å². The lowest BCUT2D eigenvalue weighted by atomic mass is 10.1. The molecule has 100 valence electrons. The van der Waals surface area contributed by atoms with Crippen LogP contribution in [0.2, 0.25) is 0 Å². The van der Waals surface area contributed by atoms with Crippen molar-refractivity contribution in [1.82, 2.24) is 4.72 Å². The minimum Gasteiger partial charge on any atom is -0.398 e. The highest BCUT2D eigenvalue weighted by atomic mass is 32.2. The number of Topliss-reactive ketones (excluding diaryl/α,β-unsaturated/α-hetero) is 1. The summed E-state index contributed by atoms with van der Waals surface area (Å²) in [5.74, 6) is -0.164. The molecular formula is C11H17N3O3S. The molecule has 0 atom stereocenters. The van der Waals surface area contributed by atoms with Crippen LogP contribution in [-0.4, -0.2) is 33.5 Å². The summed E-state index contributed by atoms with van der Waals surface area (Å²) in [5.41, 5.74) is 7.16. The van der Waals surface area contributed by atoms with Crippen molar-refractivity contribution >= 4 is 27.2 Å². The molecule has 0 saturated carbocycles. The van der Waals surface area contributed by atoms with Gasteiger partial charge in [0.15, 0.2) is 5.78 Å². The van der Waals surface area contributed by atoms with Crippen LogP contribution in [-0.2, 0) is 10.0 Å². The van der Waals surface area contributed by atoms with Gasteiger partial charge < -0.3 is 11.1 Å². The van der Waals surface area contributed by atoms with Gasteiger partial charge in [0.2, 0.25) is 10.0 Å². The molecule has 7 heteroatoms. The van der Waals surface area contributed by atoms with E-state index in [1.165, 1.54) is 14.0 Å². The zero-order valence-electron chi connectivity index (χ0n) is 10.4. The lowest BCUT2D eigenvalue weighted by molar-refractivity contribution is 0.101. The fourth-order valence-electron chi connectivity index (χ4n) is 1.40. The number of nitrogens with one attached hydrogen (secondary N) is 2. The minimum absolute atomic E-state index is 0.0384. The Morgan fingerprint density at radius 1 is 1.39 bits per heavy atom. The van der Waals surface area contributed by atoms with Crippen LogP contribution in [0.4, 0.5) is 11.4 Å². The van der Waals surface area contributed by atoms with Crippen LogP contribution in [0.25, 0.3) is 0 Å². The van der Waals surface area contributed by atoms with Crippen molar-refractivity contribution < 1.29 is 13.2 Å². The second-order valence-electron chi connectivity index (χ2n) is 3.81. The zero-order valence-corrected chi connectivity index (χ0v) is 11.2. The van der Waals surface area contributed by atoms with Crippen molar-refractivity contribution in [2.45, 2.75) is 6.92 Å². The molecular weight excluding hydrogens is 254 g/mol. The van der Waals surface area contributed by atoms with Crippen LogP contribution >= 0.6 is 0 Å². The third-order valence-electron chi connectivity index (χ3n) is 2.44. The maximum Gasteiger partial charge on any atom is 0.213 e. The topological polar surface area (TPSA) is 101 Å². The number of nitrogens with two attached hydrogens (primary N) is 1. The Kier molecular flexibility index (Phi) is 4.69. The van der Waals surface area contributed by atoms with E-state index < -0.39 is 10.0 Å². The first-order valence-corrected chi connectivity index (χ1v) is 7.06. The Balaban J connectivity index is 2.69. The fraction of sp³-hybridized carbons (Fsp3) is 0.364. The SMILES string of the molecule is CNS(=O)(=O)CCNc1ccc(N)c(C(C)=O)c1. The quantitative estimate of drug-likeness (QED) is 0.514. The molecule has 0 aromatic heterocycles. The van der Waals surface area contributed by atoms with E-state index in [4.69, 9.17) is 5.73 Å². The monoisotopic (exact) mass is 271 g/mol.